The molecule has 4 nitrogen and oxygen atoms in total. The predicted molar refractivity (Wildman–Crippen MR) is 85.9 cm³/mol. The van der Waals surface area contributed by atoms with Crippen LogP contribution in [0, 0.1) is 18.8 Å². The van der Waals surface area contributed by atoms with E-state index >= 15 is 0 Å². The normalized spacial score (nSPS) is 21.9. The Kier molecular flexibility index (Phi) is 5.48. The van der Waals surface area contributed by atoms with E-state index in [9.17, 15) is 4.79 Å². The molecule has 0 radical (unpaired) electrons. The van der Waals surface area contributed by atoms with Crippen LogP contribution in [0.4, 0.5) is 5.69 Å². The van der Waals surface area contributed by atoms with E-state index < -0.39 is 0 Å². The summed E-state index contributed by atoms with van der Waals surface area (Å²) in [5.74, 6) is 0.881. The van der Waals surface area contributed by atoms with Gasteiger partial charge in [0.15, 0.2) is 0 Å². The number of aryl methyl sites for hydroxylation is 1. The van der Waals surface area contributed by atoms with Crippen molar-refractivity contribution in [3.8, 4) is 5.75 Å². The zero-order valence-electron chi connectivity index (χ0n) is 12.6. The van der Waals surface area contributed by atoms with Gasteiger partial charge in [0.2, 0.25) is 5.91 Å². The molecule has 3 N–H and O–H groups in total. The van der Waals surface area contributed by atoms with Gasteiger partial charge in [0.1, 0.15) is 5.75 Å². The number of benzene rings is 1. The lowest BCUT2D eigenvalue weighted by Crippen LogP contribution is -2.35. The van der Waals surface area contributed by atoms with E-state index in [0.717, 1.165) is 31.2 Å². The van der Waals surface area contributed by atoms with Crippen LogP contribution in [0.1, 0.15) is 31.2 Å². The Balaban J connectivity index is 2.17. The van der Waals surface area contributed by atoms with Gasteiger partial charge in [0.05, 0.1) is 12.8 Å². The fourth-order valence-corrected chi connectivity index (χ4v) is 3.14. The summed E-state index contributed by atoms with van der Waals surface area (Å²) in [5.41, 5.74) is 7.38. The first kappa shape index (κ1) is 16.1. The molecule has 1 amide bonds. The van der Waals surface area contributed by atoms with Gasteiger partial charge in [-0.15, -0.1) is 0 Å². The quantitative estimate of drug-likeness (QED) is 0.896. The number of carbonyl (C=O) groups is 1. The van der Waals surface area contributed by atoms with Crippen molar-refractivity contribution < 1.29 is 9.53 Å². The third-order valence-electron chi connectivity index (χ3n) is 4.29. The molecule has 5 heteroatoms. The van der Waals surface area contributed by atoms with E-state index in [1.807, 2.05) is 13.0 Å². The molecule has 1 aromatic rings. The second-order valence-electron chi connectivity index (χ2n) is 5.68. The summed E-state index contributed by atoms with van der Waals surface area (Å²) in [7, 11) is 1.57. The molecule has 1 aliphatic carbocycles. The summed E-state index contributed by atoms with van der Waals surface area (Å²) in [5, 5.41) is 3.61. The van der Waals surface area contributed by atoms with Crippen molar-refractivity contribution in [3.63, 3.8) is 0 Å². The first-order valence-electron chi connectivity index (χ1n) is 7.42. The Morgan fingerprint density at radius 2 is 2.14 bits per heavy atom. The monoisotopic (exact) mass is 310 g/mol. The van der Waals surface area contributed by atoms with Crippen LogP contribution in [-0.2, 0) is 4.79 Å². The van der Waals surface area contributed by atoms with Gasteiger partial charge < -0.3 is 15.8 Å². The zero-order chi connectivity index (χ0) is 15.4. The van der Waals surface area contributed by atoms with Gasteiger partial charge in [-0.1, -0.05) is 24.4 Å². The Morgan fingerprint density at radius 3 is 2.81 bits per heavy atom. The molecule has 0 aromatic heterocycles. The molecule has 21 heavy (non-hydrogen) atoms. The largest absolute Gasteiger partial charge is 0.495 e. The van der Waals surface area contributed by atoms with E-state index in [0.29, 0.717) is 23.0 Å². The van der Waals surface area contributed by atoms with Crippen molar-refractivity contribution in [3.05, 3.63) is 22.7 Å². The number of hydrogen-bond donors (Lipinski definition) is 2. The molecular weight excluding hydrogens is 288 g/mol. The Bertz CT molecular complexity index is 519. The van der Waals surface area contributed by atoms with Gasteiger partial charge in [-0.3, -0.25) is 4.79 Å². The molecule has 116 valence electrons. The lowest BCUT2D eigenvalue weighted by molar-refractivity contribution is -0.122. The number of hydrogen-bond acceptors (Lipinski definition) is 3. The maximum atomic E-state index is 12.5. The van der Waals surface area contributed by atoms with Crippen molar-refractivity contribution in [1.82, 2.24) is 0 Å². The molecule has 2 unspecified atom stereocenters. The van der Waals surface area contributed by atoms with Gasteiger partial charge in [-0.05, 0) is 43.9 Å². The number of amides is 1. The number of rotatable bonds is 4. The topological polar surface area (TPSA) is 64.3 Å². The Morgan fingerprint density at radius 1 is 1.43 bits per heavy atom. The fraction of sp³-hybridized carbons (Fsp3) is 0.562. The molecule has 0 saturated heterocycles. The van der Waals surface area contributed by atoms with Crippen LogP contribution < -0.4 is 15.8 Å². The van der Waals surface area contributed by atoms with Crippen LogP contribution in [-0.4, -0.2) is 19.6 Å². The highest BCUT2D eigenvalue weighted by molar-refractivity contribution is 6.31. The number of anilines is 1. The molecule has 1 saturated carbocycles. The summed E-state index contributed by atoms with van der Waals surface area (Å²) >= 11 is 6.09. The fourth-order valence-electron chi connectivity index (χ4n) is 2.99. The first-order valence-corrected chi connectivity index (χ1v) is 7.79. The van der Waals surface area contributed by atoms with Gasteiger partial charge in [0, 0.05) is 17.0 Å². The van der Waals surface area contributed by atoms with Crippen molar-refractivity contribution in [1.29, 1.82) is 0 Å². The number of halogens is 1. The summed E-state index contributed by atoms with van der Waals surface area (Å²) < 4.78 is 5.30. The van der Waals surface area contributed by atoms with E-state index in [1.165, 1.54) is 0 Å². The minimum absolute atomic E-state index is 0.00978. The third kappa shape index (κ3) is 3.69. The smallest absolute Gasteiger partial charge is 0.227 e. The number of methoxy groups -OCH3 is 1. The van der Waals surface area contributed by atoms with Crippen LogP contribution >= 0.6 is 11.6 Å². The maximum absolute atomic E-state index is 12.5. The summed E-state index contributed by atoms with van der Waals surface area (Å²) in [6.45, 7) is 2.47. The van der Waals surface area contributed by atoms with Crippen molar-refractivity contribution in [2.75, 3.05) is 19.0 Å². The highest BCUT2D eigenvalue weighted by Gasteiger charge is 2.30. The third-order valence-corrected chi connectivity index (χ3v) is 4.69. The minimum atomic E-state index is -0.00978. The number of carbonyl (C=O) groups excluding carboxylic acids is 1. The number of nitrogens with two attached hydrogens (primary N) is 1. The Labute approximate surface area is 131 Å². The van der Waals surface area contributed by atoms with E-state index in [1.54, 1.807) is 13.2 Å². The van der Waals surface area contributed by atoms with Crippen molar-refractivity contribution in [2.45, 2.75) is 32.6 Å². The second-order valence-corrected chi connectivity index (χ2v) is 6.08. The second kappa shape index (κ2) is 7.14. The van der Waals surface area contributed by atoms with E-state index in [4.69, 9.17) is 22.1 Å². The zero-order valence-corrected chi connectivity index (χ0v) is 13.4. The molecule has 0 heterocycles. The van der Waals surface area contributed by atoms with Crippen LogP contribution in [0.25, 0.3) is 0 Å². The van der Waals surface area contributed by atoms with Crippen LogP contribution in [0.15, 0.2) is 12.1 Å². The average Bonchev–Trinajstić information content (AvgIpc) is 2.50. The van der Waals surface area contributed by atoms with Crippen molar-refractivity contribution >= 4 is 23.2 Å². The lowest BCUT2D eigenvalue weighted by Gasteiger charge is -2.29. The number of nitrogens with one attached hydrogen (secondary N) is 1. The molecule has 2 atom stereocenters. The minimum Gasteiger partial charge on any atom is -0.495 e. The van der Waals surface area contributed by atoms with Gasteiger partial charge in [-0.25, -0.2) is 0 Å². The van der Waals surface area contributed by atoms with Crippen LogP contribution in [0.3, 0.4) is 0 Å². The van der Waals surface area contributed by atoms with E-state index in [2.05, 4.69) is 5.32 Å². The van der Waals surface area contributed by atoms with Gasteiger partial charge in [0.25, 0.3) is 0 Å². The molecule has 0 aliphatic heterocycles. The summed E-state index contributed by atoms with van der Waals surface area (Å²) in [4.78, 5) is 12.5. The summed E-state index contributed by atoms with van der Waals surface area (Å²) in [6, 6.07) is 3.58. The van der Waals surface area contributed by atoms with E-state index in [-0.39, 0.29) is 17.7 Å². The SMILES string of the molecule is COc1cc(Cl)c(C)cc1NC(=O)C1CCCCC1CN. The Hall–Kier alpha value is -1.26. The van der Waals surface area contributed by atoms with Gasteiger partial charge >= 0.3 is 0 Å². The molecule has 0 bridgehead atoms. The van der Waals surface area contributed by atoms with Crippen molar-refractivity contribution in [2.24, 2.45) is 17.6 Å². The molecule has 2 rings (SSSR count). The molecule has 1 aliphatic rings. The van der Waals surface area contributed by atoms with Gasteiger partial charge in [-0.2, -0.15) is 0 Å². The molecular formula is C16H23ClN2O2. The standard InChI is InChI=1S/C16H23ClN2O2/c1-10-7-14(15(21-2)8-13(10)17)19-16(20)12-6-4-3-5-11(12)9-18/h7-8,11-12H,3-6,9,18H2,1-2H3,(H,19,20). The van der Waals surface area contributed by atoms with Crippen LogP contribution in [0.2, 0.25) is 5.02 Å². The maximum Gasteiger partial charge on any atom is 0.227 e. The first-order chi connectivity index (χ1) is 10.1. The lowest BCUT2D eigenvalue weighted by atomic mass is 9.78. The average molecular weight is 311 g/mol. The molecule has 1 fully saturated rings. The highest BCUT2D eigenvalue weighted by Crippen LogP contribution is 2.34. The number of ether oxygens (including phenoxy) is 1. The molecule has 0 spiro atoms. The highest BCUT2D eigenvalue weighted by atomic mass is 35.5. The summed E-state index contributed by atoms with van der Waals surface area (Å²) in [6.07, 6.45) is 4.19. The van der Waals surface area contributed by atoms with Crippen LogP contribution in [0.5, 0.6) is 5.75 Å². The predicted octanol–water partition coefficient (Wildman–Crippen LogP) is 3.36. The molecule has 1 aromatic carbocycles.